The number of ether oxygens (including phenoxy) is 1. The largest absolute Gasteiger partial charge is 0.377 e. The predicted octanol–water partition coefficient (Wildman–Crippen LogP) is 0.366. The first-order chi connectivity index (χ1) is 3.89. The second-order valence-corrected chi connectivity index (χ2v) is 1.88. The lowest BCUT2D eigenvalue weighted by atomic mass is 10.4. The molecule has 0 bridgehead atoms. The van der Waals surface area contributed by atoms with E-state index >= 15 is 0 Å². The minimum atomic E-state index is -0.808. The van der Waals surface area contributed by atoms with Gasteiger partial charge in [-0.25, -0.2) is 4.39 Å². The highest BCUT2D eigenvalue weighted by Gasteiger charge is 2.08. The van der Waals surface area contributed by atoms with Gasteiger partial charge in [0.25, 0.3) is 0 Å². The van der Waals surface area contributed by atoms with Crippen LogP contribution in [0.5, 0.6) is 0 Å². The zero-order valence-electron chi connectivity index (χ0n) is 5.10. The molecule has 0 aliphatic carbocycles. The fourth-order valence-electron chi connectivity index (χ4n) is 0.673. The number of hydrogen-bond donors (Lipinski definition) is 1. The Kier molecular flexibility index (Phi) is 5.04. The lowest BCUT2D eigenvalue weighted by Gasteiger charge is -1.99. The van der Waals surface area contributed by atoms with Crippen LogP contribution < -0.4 is 5.32 Å². The van der Waals surface area contributed by atoms with Crippen LogP contribution in [0.15, 0.2) is 0 Å². The fraction of sp³-hybridized carbons (Fsp3) is 1.00. The van der Waals surface area contributed by atoms with Gasteiger partial charge in [-0.05, 0) is 0 Å². The van der Waals surface area contributed by atoms with Gasteiger partial charge < -0.3 is 10.1 Å². The summed E-state index contributed by atoms with van der Waals surface area (Å²) in [5.41, 5.74) is 0. The van der Waals surface area contributed by atoms with Crippen LogP contribution in [0.25, 0.3) is 0 Å². The van der Waals surface area contributed by atoms with Crippen molar-refractivity contribution in [2.24, 2.45) is 0 Å². The first-order valence-electron chi connectivity index (χ1n) is 2.82. The Hall–Kier alpha value is 0.140. The number of halogens is 2. The molecule has 0 aromatic carbocycles. The summed E-state index contributed by atoms with van der Waals surface area (Å²) in [6.07, 6.45) is -0.808. The molecule has 1 fully saturated rings. The molecule has 1 unspecified atom stereocenters. The van der Waals surface area contributed by atoms with E-state index in [9.17, 15) is 4.39 Å². The highest BCUT2D eigenvalue weighted by atomic mass is 35.5. The average molecular weight is 156 g/mol. The van der Waals surface area contributed by atoms with E-state index in [0.29, 0.717) is 13.2 Å². The molecule has 1 N–H and O–H groups in total. The number of nitrogens with one attached hydrogen (secondary N) is 1. The topological polar surface area (TPSA) is 21.3 Å². The van der Waals surface area contributed by atoms with Gasteiger partial charge >= 0.3 is 0 Å². The van der Waals surface area contributed by atoms with Gasteiger partial charge in [0.1, 0.15) is 6.17 Å². The molecule has 0 radical (unpaired) electrons. The van der Waals surface area contributed by atoms with Crippen LogP contribution in [0.3, 0.4) is 0 Å². The second kappa shape index (κ2) is 4.97. The van der Waals surface area contributed by atoms with Crippen molar-refractivity contribution in [3.05, 3.63) is 0 Å². The number of alkyl halides is 1. The van der Waals surface area contributed by atoms with Crippen molar-refractivity contribution in [3.8, 4) is 0 Å². The van der Waals surface area contributed by atoms with E-state index in [0.717, 1.165) is 6.54 Å². The molecule has 0 amide bonds. The van der Waals surface area contributed by atoms with Gasteiger partial charge in [0.05, 0.1) is 13.2 Å². The van der Waals surface area contributed by atoms with Crippen molar-refractivity contribution < 1.29 is 9.13 Å². The molecule has 56 valence electrons. The Morgan fingerprint density at radius 2 is 2.33 bits per heavy atom. The predicted molar refractivity (Wildman–Crippen MR) is 35.8 cm³/mol. The van der Waals surface area contributed by atoms with Crippen molar-refractivity contribution >= 4 is 12.4 Å². The third kappa shape index (κ3) is 3.67. The van der Waals surface area contributed by atoms with Gasteiger partial charge in [0.2, 0.25) is 0 Å². The Bertz CT molecular complexity index is 66.0. The third-order valence-electron chi connectivity index (χ3n) is 1.09. The molecule has 0 saturated carbocycles. The summed E-state index contributed by atoms with van der Waals surface area (Å²) < 4.78 is 17.1. The molecular formula is C5H11ClFNO. The molecule has 1 saturated heterocycles. The summed E-state index contributed by atoms with van der Waals surface area (Å²) in [5.74, 6) is 0. The van der Waals surface area contributed by atoms with Crippen molar-refractivity contribution in [1.82, 2.24) is 5.32 Å². The number of hydrogen-bond acceptors (Lipinski definition) is 2. The van der Waals surface area contributed by atoms with Crippen LogP contribution in [-0.2, 0) is 4.74 Å². The first-order valence-corrected chi connectivity index (χ1v) is 2.82. The maximum atomic E-state index is 12.3. The van der Waals surface area contributed by atoms with E-state index in [1.54, 1.807) is 0 Å². The SMILES string of the molecule is Cl.FC1CNCCOC1. The summed E-state index contributed by atoms with van der Waals surface area (Å²) in [4.78, 5) is 0. The molecule has 2 nitrogen and oxygen atoms in total. The second-order valence-electron chi connectivity index (χ2n) is 1.88. The molecule has 1 rings (SSSR count). The minimum absolute atomic E-state index is 0. The molecule has 0 aromatic heterocycles. The Labute approximate surface area is 60.2 Å². The van der Waals surface area contributed by atoms with Gasteiger partial charge in [0.15, 0.2) is 0 Å². The van der Waals surface area contributed by atoms with E-state index in [1.165, 1.54) is 0 Å². The standard InChI is InChI=1S/C5H10FNO.ClH/c6-5-3-7-1-2-8-4-5;/h5,7H,1-4H2;1H. The lowest BCUT2D eigenvalue weighted by molar-refractivity contribution is 0.105. The average Bonchev–Trinajstić information content (AvgIpc) is 1.94. The maximum absolute atomic E-state index is 12.3. The van der Waals surface area contributed by atoms with Crippen molar-refractivity contribution in [2.45, 2.75) is 6.17 Å². The summed E-state index contributed by atoms with van der Waals surface area (Å²) in [5, 5.41) is 2.90. The maximum Gasteiger partial charge on any atom is 0.136 e. The van der Waals surface area contributed by atoms with E-state index in [2.05, 4.69) is 5.32 Å². The van der Waals surface area contributed by atoms with Crippen LogP contribution in [0.4, 0.5) is 4.39 Å². The Morgan fingerprint density at radius 1 is 1.56 bits per heavy atom. The van der Waals surface area contributed by atoms with Crippen LogP contribution in [0.1, 0.15) is 0 Å². The van der Waals surface area contributed by atoms with Crippen molar-refractivity contribution in [2.75, 3.05) is 26.3 Å². The Morgan fingerprint density at radius 3 is 3.11 bits per heavy atom. The molecule has 1 aliphatic rings. The van der Waals surface area contributed by atoms with Crippen LogP contribution in [0, 0.1) is 0 Å². The third-order valence-corrected chi connectivity index (χ3v) is 1.09. The monoisotopic (exact) mass is 155 g/mol. The molecule has 1 atom stereocenters. The molecule has 1 aliphatic heterocycles. The van der Waals surface area contributed by atoms with Crippen LogP contribution in [-0.4, -0.2) is 32.5 Å². The van der Waals surface area contributed by atoms with Crippen molar-refractivity contribution in [1.29, 1.82) is 0 Å². The van der Waals surface area contributed by atoms with Gasteiger partial charge in [-0.1, -0.05) is 0 Å². The van der Waals surface area contributed by atoms with Crippen LogP contribution in [0.2, 0.25) is 0 Å². The normalized spacial score (nSPS) is 28.3. The Balaban J connectivity index is 0.000000640. The lowest BCUT2D eigenvalue weighted by Crippen LogP contribution is -2.23. The van der Waals surface area contributed by atoms with E-state index in [4.69, 9.17) is 4.74 Å². The highest BCUT2D eigenvalue weighted by Crippen LogP contribution is 1.92. The first kappa shape index (κ1) is 9.14. The van der Waals surface area contributed by atoms with E-state index in [1.807, 2.05) is 0 Å². The number of rotatable bonds is 0. The molecule has 4 heteroatoms. The molecule has 9 heavy (non-hydrogen) atoms. The molecule has 0 aromatic rings. The van der Waals surface area contributed by atoms with Gasteiger partial charge in [-0.15, -0.1) is 12.4 Å². The molecular weight excluding hydrogens is 145 g/mol. The quantitative estimate of drug-likeness (QED) is 0.546. The van der Waals surface area contributed by atoms with E-state index in [-0.39, 0.29) is 19.0 Å². The fourth-order valence-corrected chi connectivity index (χ4v) is 0.673. The van der Waals surface area contributed by atoms with Gasteiger partial charge in [-0.3, -0.25) is 0 Å². The van der Waals surface area contributed by atoms with Gasteiger partial charge in [-0.2, -0.15) is 0 Å². The van der Waals surface area contributed by atoms with Crippen molar-refractivity contribution in [3.63, 3.8) is 0 Å². The highest BCUT2D eigenvalue weighted by molar-refractivity contribution is 5.85. The van der Waals surface area contributed by atoms with Crippen LogP contribution >= 0.6 is 12.4 Å². The minimum Gasteiger partial charge on any atom is -0.377 e. The summed E-state index contributed by atoms with van der Waals surface area (Å²) in [7, 11) is 0. The summed E-state index contributed by atoms with van der Waals surface area (Å²) in [6.45, 7) is 2.12. The van der Waals surface area contributed by atoms with E-state index < -0.39 is 6.17 Å². The molecule has 1 heterocycles. The summed E-state index contributed by atoms with van der Waals surface area (Å²) in [6, 6.07) is 0. The molecule has 0 spiro atoms. The summed E-state index contributed by atoms with van der Waals surface area (Å²) >= 11 is 0. The van der Waals surface area contributed by atoms with Gasteiger partial charge in [0, 0.05) is 13.1 Å². The smallest absolute Gasteiger partial charge is 0.136 e. The zero-order valence-corrected chi connectivity index (χ0v) is 5.92. The zero-order chi connectivity index (χ0) is 5.82.